The zero-order valence-corrected chi connectivity index (χ0v) is 11.6. The Morgan fingerprint density at radius 1 is 1.35 bits per heavy atom. The normalized spacial score (nSPS) is 26.3. The summed E-state index contributed by atoms with van der Waals surface area (Å²) in [6, 6.07) is 3.29. The van der Waals surface area contributed by atoms with E-state index in [0.29, 0.717) is 31.1 Å². The van der Waals surface area contributed by atoms with Crippen molar-refractivity contribution in [3.05, 3.63) is 29.3 Å². The highest BCUT2D eigenvalue weighted by Crippen LogP contribution is 2.31. The second-order valence-corrected chi connectivity index (χ2v) is 6.23. The standard InChI is InChI=1S/C15H20F2N2O/c1-15(20)4-5-19(9-15)14-12(16)6-10(7-13(14)17)8-18-11-2-3-11/h6-7,11,18,20H,2-5,8-9H2,1H3. The van der Waals surface area contributed by atoms with Crippen LogP contribution in [0.1, 0.15) is 31.7 Å². The zero-order valence-electron chi connectivity index (χ0n) is 11.6. The van der Waals surface area contributed by atoms with Crippen molar-refractivity contribution in [1.29, 1.82) is 0 Å². The van der Waals surface area contributed by atoms with Crippen molar-refractivity contribution in [2.24, 2.45) is 0 Å². The second kappa shape index (κ2) is 4.97. The molecule has 5 heteroatoms. The minimum Gasteiger partial charge on any atom is -0.388 e. The first-order valence-electron chi connectivity index (χ1n) is 7.13. The lowest BCUT2D eigenvalue weighted by Gasteiger charge is -2.22. The molecule has 2 N–H and O–H groups in total. The van der Waals surface area contributed by atoms with Crippen molar-refractivity contribution in [2.45, 2.75) is 44.4 Å². The number of benzene rings is 1. The van der Waals surface area contributed by atoms with Gasteiger partial charge in [0.25, 0.3) is 0 Å². The van der Waals surface area contributed by atoms with E-state index >= 15 is 0 Å². The molecule has 0 radical (unpaired) electrons. The quantitative estimate of drug-likeness (QED) is 0.888. The summed E-state index contributed by atoms with van der Waals surface area (Å²) in [5, 5.41) is 13.2. The fourth-order valence-electron chi connectivity index (χ4n) is 2.71. The summed E-state index contributed by atoms with van der Waals surface area (Å²) in [5.41, 5.74) is -0.259. The summed E-state index contributed by atoms with van der Waals surface area (Å²) in [5.74, 6) is -1.09. The zero-order chi connectivity index (χ0) is 14.3. The Hall–Kier alpha value is -1.20. The summed E-state index contributed by atoms with van der Waals surface area (Å²) in [6.45, 7) is 2.92. The predicted octanol–water partition coefficient (Wildman–Crippen LogP) is 2.18. The maximum atomic E-state index is 14.2. The van der Waals surface area contributed by atoms with Crippen molar-refractivity contribution >= 4 is 5.69 Å². The Balaban J connectivity index is 1.77. The maximum Gasteiger partial charge on any atom is 0.149 e. The average molecular weight is 282 g/mol. The molecule has 3 nitrogen and oxygen atoms in total. The van der Waals surface area contributed by atoms with Crippen molar-refractivity contribution in [2.75, 3.05) is 18.0 Å². The molecule has 1 saturated heterocycles. The Morgan fingerprint density at radius 2 is 2.00 bits per heavy atom. The molecule has 2 fully saturated rings. The van der Waals surface area contributed by atoms with Crippen LogP contribution in [0.5, 0.6) is 0 Å². The van der Waals surface area contributed by atoms with Crippen LogP contribution in [-0.4, -0.2) is 29.8 Å². The van der Waals surface area contributed by atoms with Crippen molar-refractivity contribution < 1.29 is 13.9 Å². The van der Waals surface area contributed by atoms with E-state index in [2.05, 4.69) is 5.32 Å². The first kappa shape index (κ1) is 13.8. The summed E-state index contributed by atoms with van der Waals surface area (Å²) >= 11 is 0. The highest BCUT2D eigenvalue weighted by atomic mass is 19.1. The lowest BCUT2D eigenvalue weighted by Crippen LogP contribution is -2.30. The van der Waals surface area contributed by atoms with E-state index < -0.39 is 17.2 Å². The minimum atomic E-state index is -0.870. The van der Waals surface area contributed by atoms with E-state index in [1.165, 1.54) is 12.1 Å². The largest absolute Gasteiger partial charge is 0.388 e. The molecule has 1 heterocycles. The van der Waals surface area contributed by atoms with Crippen LogP contribution in [0.25, 0.3) is 0 Å². The Kier molecular flexibility index (Phi) is 3.42. The van der Waals surface area contributed by atoms with Gasteiger partial charge in [0, 0.05) is 25.7 Å². The van der Waals surface area contributed by atoms with E-state index in [9.17, 15) is 13.9 Å². The van der Waals surface area contributed by atoms with Crippen molar-refractivity contribution in [3.63, 3.8) is 0 Å². The number of rotatable bonds is 4. The van der Waals surface area contributed by atoms with Crippen LogP contribution in [0, 0.1) is 11.6 Å². The third kappa shape index (κ3) is 2.94. The van der Waals surface area contributed by atoms with E-state index in [4.69, 9.17) is 0 Å². The molecular weight excluding hydrogens is 262 g/mol. The Bertz CT molecular complexity index is 492. The van der Waals surface area contributed by atoms with Crippen LogP contribution < -0.4 is 10.2 Å². The fraction of sp³-hybridized carbons (Fsp3) is 0.600. The molecule has 0 aromatic heterocycles. The van der Waals surface area contributed by atoms with Gasteiger partial charge in [0.1, 0.15) is 17.3 Å². The van der Waals surface area contributed by atoms with Gasteiger partial charge < -0.3 is 15.3 Å². The highest BCUT2D eigenvalue weighted by molar-refractivity contribution is 5.52. The van der Waals surface area contributed by atoms with Gasteiger partial charge in [-0.1, -0.05) is 0 Å². The molecule has 1 aromatic rings. The molecule has 0 bridgehead atoms. The van der Waals surface area contributed by atoms with Gasteiger partial charge in [-0.2, -0.15) is 0 Å². The monoisotopic (exact) mass is 282 g/mol. The molecule has 1 unspecified atom stereocenters. The summed E-state index contributed by atoms with van der Waals surface area (Å²) in [7, 11) is 0. The van der Waals surface area contributed by atoms with E-state index in [1.54, 1.807) is 11.8 Å². The number of anilines is 1. The lowest BCUT2D eigenvalue weighted by molar-refractivity contribution is 0.0839. The maximum absolute atomic E-state index is 14.2. The number of hydrogen-bond acceptors (Lipinski definition) is 3. The van der Waals surface area contributed by atoms with E-state index in [-0.39, 0.29) is 12.2 Å². The van der Waals surface area contributed by atoms with Crippen molar-refractivity contribution in [1.82, 2.24) is 5.32 Å². The highest BCUT2D eigenvalue weighted by Gasteiger charge is 2.34. The molecule has 1 aliphatic carbocycles. The van der Waals surface area contributed by atoms with Gasteiger partial charge in [0.05, 0.1) is 5.60 Å². The molecule has 1 aliphatic heterocycles. The molecule has 110 valence electrons. The molecule has 2 aliphatic rings. The summed E-state index contributed by atoms with van der Waals surface area (Å²) in [4.78, 5) is 1.59. The third-order valence-corrected chi connectivity index (χ3v) is 4.02. The molecule has 1 saturated carbocycles. The van der Waals surface area contributed by atoms with E-state index in [0.717, 1.165) is 12.8 Å². The molecule has 0 amide bonds. The lowest BCUT2D eigenvalue weighted by atomic mass is 10.1. The van der Waals surface area contributed by atoms with Gasteiger partial charge in [-0.05, 0) is 43.9 Å². The number of nitrogens with one attached hydrogen (secondary N) is 1. The van der Waals surface area contributed by atoms with Crippen LogP contribution in [0.3, 0.4) is 0 Å². The SMILES string of the molecule is CC1(O)CCN(c2c(F)cc(CNC3CC3)cc2F)C1. The van der Waals surface area contributed by atoms with Crippen molar-refractivity contribution in [3.8, 4) is 0 Å². The number of aliphatic hydroxyl groups is 1. The molecular formula is C15H20F2N2O. The minimum absolute atomic E-state index is 0.0158. The molecule has 0 spiro atoms. The van der Waals surface area contributed by atoms with Gasteiger partial charge in [-0.25, -0.2) is 8.78 Å². The van der Waals surface area contributed by atoms with E-state index in [1.807, 2.05) is 0 Å². The summed E-state index contributed by atoms with van der Waals surface area (Å²) in [6.07, 6.45) is 2.81. The number of halogens is 2. The van der Waals surface area contributed by atoms with Crippen LogP contribution in [0.4, 0.5) is 14.5 Å². The second-order valence-electron chi connectivity index (χ2n) is 6.23. The van der Waals surface area contributed by atoms with Gasteiger partial charge in [-0.15, -0.1) is 0 Å². The number of nitrogens with zero attached hydrogens (tertiary/aromatic N) is 1. The fourth-order valence-corrected chi connectivity index (χ4v) is 2.71. The molecule has 20 heavy (non-hydrogen) atoms. The summed E-state index contributed by atoms with van der Waals surface area (Å²) < 4.78 is 28.3. The van der Waals surface area contributed by atoms with Gasteiger partial charge in [-0.3, -0.25) is 0 Å². The molecule has 3 rings (SSSR count). The van der Waals surface area contributed by atoms with Gasteiger partial charge in [0.15, 0.2) is 0 Å². The molecule has 1 aromatic carbocycles. The first-order chi connectivity index (χ1) is 9.44. The smallest absolute Gasteiger partial charge is 0.149 e. The predicted molar refractivity (Wildman–Crippen MR) is 73.7 cm³/mol. The van der Waals surface area contributed by atoms with Crippen LogP contribution in [0.2, 0.25) is 0 Å². The van der Waals surface area contributed by atoms with Gasteiger partial charge in [0.2, 0.25) is 0 Å². The number of β-amino-alcohol motifs (C(OH)–C–C–N with tert-alkyl or cyclic N) is 1. The third-order valence-electron chi connectivity index (χ3n) is 4.02. The number of hydrogen-bond donors (Lipinski definition) is 2. The molecule has 1 atom stereocenters. The topological polar surface area (TPSA) is 35.5 Å². The van der Waals surface area contributed by atoms with Crippen LogP contribution in [0.15, 0.2) is 12.1 Å². The first-order valence-corrected chi connectivity index (χ1v) is 7.13. The Labute approximate surface area is 117 Å². The van der Waals surface area contributed by atoms with Gasteiger partial charge >= 0.3 is 0 Å². The van der Waals surface area contributed by atoms with Crippen LogP contribution in [-0.2, 0) is 6.54 Å². The average Bonchev–Trinajstić information content (AvgIpc) is 3.10. The van der Waals surface area contributed by atoms with Crippen LogP contribution >= 0.6 is 0 Å². The Morgan fingerprint density at radius 3 is 2.50 bits per heavy atom.